The van der Waals surface area contributed by atoms with Gasteiger partial charge < -0.3 is 31.3 Å². The van der Waals surface area contributed by atoms with Gasteiger partial charge in [-0.3, -0.25) is 9.78 Å². The Bertz CT molecular complexity index is 1330. The van der Waals surface area contributed by atoms with Gasteiger partial charge in [-0.15, -0.1) is 11.3 Å². The van der Waals surface area contributed by atoms with Crippen LogP contribution in [0.5, 0.6) is 0 Å². The van der Waals surface area contributed by atoms with E-state index in [4.69, 9.17) is 15.0 Å². The van der Waals surface area contributed by atoms with E-state index in [-0.39, 0.29) is 12.5 Å². The summed E-state index contributed by atoms with van der Waals surface area (Å²) >= 11 is 1.51. The zero-order valence-electron chi connectivity index (χ0n) is 22.0. The monoisotopic (exact) mass is 541 g/mol. The normalized spacial score (nSPS) is 24.8. The third-order valence-corrected chi connectivity index (χ3v) is 8.59. The van der Waals surface area contributed by atoms with Gasteiger partial charge in [-0.1, -0.05) is 0 Å². The van der Waals surface area contributed by atoms with Crippen molar-refractivity contribution in [2.24, 2.45) is 11.8 Å². The quantitative estimate of drug-likeness (QED) is 0.236. The van der Waals surface area contributed by atoms with Gasteiger partial charge in [0.1, 0.15) is 28.6 Å². The Hall–Kier alpha value is -2.93. The van der Waals surface area contributed by atoms with Crippen LogP contribution in [0.1, 0.15) is 44.5 Å². The Labute approximate surface area is 225 Å². The standard InChI is InChI=1S/C26H35N7O4S/c1-5-27-24(37)21(35)15-10-16(22(36)20(15)34)31-23-18(25-32-19-13(4)28-9-8-17(19)38-25)12(3)30-26(33-23)29-11(2)14-6-7-14/h8-9,11,14-16,20-22,34-36H,5-7,10H2,1-4H3,(H,27,37)(H2,29,30,31,33)/t11-,15+,16-,20-,21?,22+/m1/s1. The Kier molecular flexibility index (Phi) is 7.49. The summed E-state index contributed by atoms with van der Waals surface area (Å²) in [6.45, 7) is 8.04. The molecular formula is C26H35N7O4S. The number of thiazole rings is 1. The van der Waals surface area contributed by atoms with Crippen molar-refractivity contribution in [1.29, 1.82) is 0 Å². The fraction of sp³-hybridized carbons (Fsp3) is 0.577. The van der Waals surface area contributed by atoms with Crippen LogP contribution < -0.4 is 16.0 Å². The van der Waals surface area contributed by atoms with Crippen LogP contribution in [-0.2, 0) is 4.79 Å². The van der Waals surface area contributed by atoms with Gasteiger partial charge in [0, 0.05) is 24.7 Å². The highest BCUT2D eigenvalue weighted by Gasteiger charge is 2.47. The van der Waals surface area contributed by atoms with Crippen LogP contribution in [0, 0.1) is 25.7 Å². The minimum atomic E-state index is -1.44. The molecule has 38 heavy (non-hydrogen) atoms. The Balaban J connectivity index is 1.50. The van der Waals surface area contributed by atoms with Gasteiger partial charge in [-0.2, -0.15) is 4.98 Å². The van der Waals surface area contributed by atoms with Gasteiger partial charge in [0.05, 0.1) is 33.8 Å². The number of carbonyl (C=O) groups is 1. The number of amides is 1. The zero-order valence-corrected chi connectivity index (χ0v) is 22.8. The minimum absolute atomic E-state index is 0.174. The lowest BCUT2D eigenvalue weighted by molar-refractivity contribution is -0.134. The molecule has 0 aromatic carbocycles. The SMILES string of the molecule is CCNC(=O)C(O)[C@H]1C[C@@H](Nc2nc(N[C@H](C)C3CC3)nc(C)c2-c2nc3c(C)nccc3s2)[C@H](O)[C@@H]1O. The lowest BCUT2D eigenvalue weighted by atomic mass is 9.97. The molecule has 0 saturated heterocycles. The molecule has 1 unspecified atom stereocenters. The number of aliphatic hydroxyl groups is 3. The Morgan fingerprint density at radius 1 is 1.16 bits per heavy atom. The fourth-order valence-corrected chi connectivity index (χ4v) is 6.29. The Morgan fingerprint density at radius 2 is 1.92 bits per heavy atom. The predicted molar refractivity (Wildman–Crippen MR) is 146 cm³/mol. The summed E-state index contributed by atoms with van der Waals surface area (Å²) in [5.74, 6) is 0.139. The maximum Gasteiger partial charge on any atom is 0.249 e. The number of aliphatic hydroxyl groups excluding tert-OH is 3. The molecule has 0 aliphatic heterocycles. The smallest absolute Gasteiger partial charge is 0.249 e. The lowest BCUT2D eigenvalue weighted by Crippen LogP contribution is -2.43. The van der Waals surface area contributed by atoms with E-state index in [2.05, 4.69) is 27.9 Å². The van der Waals surface area contributed by atoms with Crippen LogP contribution in [0.3, 0.4) is 0 Å². The average Bonchev–Trinajstić information content (AvgIpc) is 3.59. The third-order valence-electron chi connectivity index (χ3n) is 7.55. The van der Waals surface area contributed by atoms with Crippen LogP contribution in [0.4, 0.5) is 11.8 Å². The molecule has 12 heteroatoms. The zero-order chi connectivity index (χ0) is 27.1. The molecule has 3 aromatic heterocycles. The van der Waals surface area contributed by atoms with Crippen molar-refractivity contribution in [3.63, 3.8) is 0 Å². The average molecular weight is 542 g/mol. The van der Waals surface area contributed by atoms with Crippen LogP contribution in [0.2, 0.25) is 0 Å². The van der Waals surface area contributed by atoms with Crippen molar-refractivity contribution < 1.29 is 20.1 Å². The molecule has 3 aromatic rings. The number of aryl methyl sites for hydroxylation is 2. The highest BCUT2D eigenvalue weighted by molar-refractivity contribution is 7.21. The van der Waals surface area contributed by atoms with E-state index in [1.54, 1.807) is 13.1 Å². The number of pyridine rings is 1. The summed E-state index contributed by atoms with van der Waals surface area (Å²) < 4.78 is 0.990. The highest BCUT2D eigenvalue weighted by Crippen LogP contribution is 2.39. The van der Waals surface area contributed by atoms with Gasteiger partial charge in [-0.05, 0) is 58.9 Å². The molecule has 6 atom stereocenters. The van der Waals surface area contributed by atoms with Gasteiger partial charge in [-0.25, -0.2) is 9.97 Å². The number of aromatic nitrogens is 4. The first kappa shape index (κ1) is 26.7. The molecule has 5 rings (SSSR count). The summed E-state index contributed by atoms with van der Waals surface area (Å²) in [5, 5.41) is 42.1. The maximum atomic E-state index is 12.2. The van der Waals surface area contributed by atoms with Crippen LogP contribution in [0.25, 0.3) is 20.8 Å². The first-order valence-corrected chi connectivity index (χ1v) is 14.0. The number of hydrogen-bond acceptors (Lipinski definition) is 11. The summed E-state index contributed by atoms with van der Waals surface area (Å²) in [4.78, 5) is 31.0. The van der Waals surface area contributed by atoms with Crippen molar-refractivity contribution in [2.75, 3.05) is 17.2 Å². The molecule has 6 N–H and O–H groups in total. The van der Waals surface area contributed by atoms with E-state index in [0.717, 1.165) is 15.9 Å². The van der Waals surface area contributed by atoms with Gasteiger partial charge >= 0.3 is 0 Å². The lowest BCUT2D eigenvalue weighted by Gasteiger charge is -2.22. The van der Waals surface area contributed by atoms with E-state index >= 15 is 0 Å². The second kappa shape index (κ2) is 10.7. The summed E-state index contributed by atoms with van der Waals surface area (Å²) in [6.07, 6.45) is 0.358. The van der Waals surface area contributed by atoms with Gasteiger partial charge in [0.2, 0.25) is 11.9 Å². The van der Waals surface area contributed by atoms with Crippen LogP contribution >= 0.6 is 11.3 Å². The topological polar surface area (TPSA) is 165 Å². The molecule has 0 bridgehead atoms. The van der Waals surface area contributed by atoms with E-state index in [0.29, 0.717) is 40.5 Å². The van der Waals surface area contributed by atoms with Crippen molar-refractivity contribution >= 4 is 39.2 Å². The number of hydrogen-bond donors (Lipinski definition) is 6. The van der Waals surface area contributed by atoms with E-state index in [1.165, 1.54) is 24.2 Å². The molecule has 204 valence electrons. The molecular weight excluding hydrogens is 506 g/mol. The first-order valence-electron chi connectivity index (χ1n) is 13.1. The largest absolute Gasteiger partial charge is 0.390 e. The highest BCUT2D eigenvalue weighted by atomic mass is 32.1. The summed E-state index contributed by atoms with van der Waals surface area (Å²) in [6, 6.07) is 1.49. The summed E-state index contributed by atoms with van der Waals surface area (Å²) in [7, 11) is 0. The molecule has 2 fully saturated rings. The Morgan fingerprint density at radius 3 is 2.61 bits per heavy atom. The first-order chi connectivity index (χ1) is 18.2. The molecule has 1 amide bonds. The molecule has 2 saturated carbocycles. The molecule has 0 spiro atoms. The van der Waals surface area contributed by atoms with Gasteiger partial charge in [0.25, 0.3) is 0 Å². The molecule has 2 aliphatic rings. The number of fused-ring (bicyclic) bond motifs is 1. The molecule has 3 heterocycles. The second-order valence-corrected chi connectivity index (χ2v) is 11.4. The number of likely N-dealkylation sites (N-methyl/N-ethyl adjacent to an activating group) is 1. The fourth-order valence-electron chi connectivity index (χ4n) is 5.18. The van der Waals surface area contributed by atoms with Gasteiger partial charge in [0.15, 0.2) is 0 Å². The van der Waals surface area contributed by atoms with Crippen molar-refractivity contribution in [3.05, 3.63) is 23.7 Å². The number of anilines is 2. The number of nitrogens with one attached hydrogen (secondary N) is 3. The van der Waals surface area contributed by atoms with E-state index in [1.807, 2.05) is 19.9 Å². The second-order valence-electron chi connectivity index (χ2n) is 10.4. The number of rotatable bonds is 9. The van der Waals surface area contributed by atoms with Crippen molar-refractivity contribution in [1.82, 2.24) is 25.3 Å². The third kappa shape index (κ3) is 5.18. The number of carbonyl (C=O) groups excluding carboxylic acids is 1. The maximum absolute atomic E-state index is 12.2. The molecule has 0 radical (unpaired) electrons. The number of nitrogens with zero attached hydrogens (tertiary/aromatic N) is 4. The van der Waals surface area contributed by atoms with Crippen molar-refractivity contribution in [3.8, 4) is 10.6 Å². The minimum Gasteiger partial charge on any atom is -0.390 e. The van der Waals surface area contributed by atoms with Crippen LogP contribution in [-0.4, -0.2) is 78.1 Å². The molecule has 2 aliphatic carbocycles. The van der Waals surface area contributed by atoms with E-state index < -0.39 is 36.2 Å². The van der Waals surface area contributed by atoms with E-state index in [9.17, 15) is 20.1 Å². The molecule has 11 nitrogen and oxygen atoms in total. The summed E-state index contributed by atoms with van der Waals surface area (Å²) in [5.41, 5.74) is 3.05. The van der Waals surface area contributed by atoms with Crippen LogP contribution in [0.15, 0.2) is 12.3 Å². The van der Waals surface area contributed by atoms with Crippen molar-refractivity contribution in [2.45, 2.75) is 77.4 Å². The predicted octanol–water partition coefficient (Wildman–Crippen LogP) is 1.99.